The fourth-order valence-electron chi connectivity index (χ4n) is 5.28. The molecule has 2 atom stereocenters. The number of aryl methyl sites for hydroxylation is 1. The van der Waals surface area contributed by atoms with Gasteiger partial charge in [0.1, 0.15) is 11.6 Å². The van der Waals surface area contributed by atoms with Crippen molar-refractivity contribution in [3.05, 3.63) is 106 Å². The van der Waals surface area contributed by atoms with Crippen LogP contribution in [-0.2, 0) is 4.79 Å². The molecule has 1 aliphatic rings. The number of methoxy groups -OCH3 is 1. The topological polar surface area (TPSA) is 71.4 Å². The van der Waals surface area contributed by atoms with Gasteiger partial charge in [-0.15, -0.1) is 0 Å². The van der Waals surface area contributed by atoms with Gasteiger partial charge in [-0.25, -0.2) is 4.39 Å². The van der Waals surface area contributed by atoms with Crippen molar-refractivity contribution in [1.29, 1.82) is 0 Å². The standard InChI is InChI=1S/C30H29ClFN5O2S/c1-18-16-21(19(2)37(18)25-17-20(31)11-12-26(25)39-3)29-28(24-10-6-7-14-33-24)35-30(40)36(29)15-13-27(38)34-23-9-5-4-8-22(23)32/h4-12,14,16-17,28-29H,13,15H2,1-3H3,(H,34,38)(H,35,40)/t28-,29+/m0/s1. The fourth-order valence-corrected chi connectivity index (χ4v) is 5.78. The van der Waals surface area contributed by atoms with E-state index in [-0.39, 0.29) is 30.1 Å². The second kappa shape index (κ2) is 11.7. The Morgan fingerprint density at radius 2 is 1.93 bits per heavy atom. The monoisotopic (exact) mass is 577 g/mol. The maximum atomic E-state index is 14.1. The number of anilines is 1. The van der Waals surface area contributed by atoms with Crippen LogP contribution in [0.3, 0.4) is 0 Å². The van der Waals surface area contributed by atoms with Gasteiger partial charge in [-0.3, -0.25) is 9.78 Å². The Morgan fingerprint density at radius 3 is 2.65 bits per heavy atom. The van der Waals surface area contributed by atoms with Crippen molar-refractivity contribution < 1.29 is 13.9 Å². The van der Waals surface area contributed by atoms with Crippen LogP contribution < -0.4 is 15.4 Å². The molecule has 4 aromatic rings. The van der Waals surface area contributed by atoms with Crippen LogP contribution in [-0.4, -0.2) is 39.1 Å². The number of amides is 1. The van der Waals surface area contributed by atoms with Crippen LogP contribution in [0.4, 0.5) is 10.1 Å². The van der Waals surface area contributed by atoms with Crippen LogP contribution in [0.2, 0.25) is 5.02 Å². The number of thiocarbonyl (C=S) groups is 1. The van der Waals surface area contributed by atoms with Gasteiger partial charge in [0.05, 0.1) is 36.3 Å². The minimum atomic E-state index is -0.480. The first kappa shape index (κ1) is 27.6. The molecule has 40 heavy (non-hydrogen) atoms. The zero-order valence-electron chi connectivity index (χ0n) is 22.3. The molecule has 0 unspecified atom stereocenters. The number of benzene rings is 2. The molecule has 2 aromatic carbocycles. The molecule has 0 bridgehead atoms. The predicted octanol–water partition coefficient (Wildman–Crippen LogP) is 6.29. The van der Waals surface area contributed by atoms with Crippen LogP contribution in [0, 0.1) is 19.7 Å². The number of aromatic nitrogens is 2. The molecule has 1 amide bonds. The summed E-state index contributed by atoms with van der Waals surface area (Å²) in [5.74, 6) is -0.0889. The van der Waals surface area contributed by atoms with Crippen LogP contribution >= 0.6 is 23.8 Å². The van der Waals surface area contributed by atoms with Gasteiger partial charge >= 0.3 is 0 Å². The zero-order valence-corrected chi connectivity index (χ0v) is 23.9. The van der Waals surface area contributed by atoms with Gasteiger partial charge in [0.2, 0.25) is 5.91 Å². The van der Waals surface area contributed by atoms with Crippen molar-refractivity contribution in [1.82, 2.24) is 19.8 Å². The lowest BCUT2D eigenvalue weighted by Gasteiger charge is -2.28. The molecule has 2 aromatic heterocycles. The zero-order chi connectivity index (χ0) is 28.4. The average molecular weight is 578 g/mol. The van der Waals surface area contributed by atoms with Crippen LogP contribution in [0.5, 0.6) is 5.75 Å². The number of pyridine rings is 1. The lowest BCUT2D eigenvalue weighted by Crippen LogP contribution is -2.33. The molecule has 0 spiro atoms. The van der Waals surface area contributed by atoms with Crippen molar-refractivity contribution >= 4 is 40.5 Å². The molecular weight excluding hydrogens is 549 g/mol. The van der Waals surface area contributed by atoms with E-state index >= 15 is 0 Å². The molecule has 5 rings (SSSR count). The highest BCUT2D eigenvalue weighted by Gasteiger charge is 2.41. The first-order valence-electron chi connectivity index (χ1n) is 12.8. The van der Waals surface area contributed by atoms with E-state index in [4.69, 9.17) is 28.6 Å². The molecule has 0 aliphatic carbocycles. The number of nitrogens with one attached hydrogen (secondary N) is 2. The smallest absolute Gasteiger partial charge is 0.226 e. The van der Waals surface area contributed by atoms with E-state index in [1.165, 1.54) is 12.1 Å². The summed E-state index contributed by atoms with van der Waals surface area (Å²) >= 11 is 12.2. The van der Waals surface area contributed by atoms with Crippen molar-refractivity contribution in [3.8, 4) is 11.4 Å². The molecule has 1 saturated heterocycles. The summed E-state index contributed by atoms with van der Waals surface area (Å²) in [6.07, 6.45) is 1.87. The summed E-state index contributed by atoms with van der Waals surface area (Å²) in [7, 11) is 1.63. The van der Waals surface area contributed by atoms with E-state index in [9.17, 15) is 9.18 Å². The lowest BCUT2D eigenvalue weighted by molar-refractivity contribution is -0.116. The van der Waals surface area contributed by atoms with Crippen LogP contribution in [0.1, 0.15) is 41.1 Å². The summed E-state index contributed by atoms with van der Waals surface area (Å²) in [6, 6.07) is 19.0. The van der Waals surface area contributed by atoms with E-state index < -0.39 is 5.82 Å². The number of hydrogen-bond donors (Lipinski definition) is 2. The summed E-state index contributed by atoms with van der Waals surface area (Å²) in [5.41, 5.74) is 4.81. The molecule has 206 valence electrons. The predicted molar refractivity (Wildman–Crippen MR) is 159 cm³/mol. The maximum Gasteiger partial charge on any atom is 0.226 e. The number of hydrogen-bond acceptors (Lipinski definition) is 4. The molecule has 7 nitrogen and oxygen atoms in total. The molecular formula is C30H29ClFN5O2S. The van der Waals surface area contributed by atoms with Gasteiger partial charge < -0.3 is 24.8 Å². The molecule has 10 heteroatoms. The second-order valence-electron chi connectivity index (χ2n) is 9.58. The van der Waals surface area contributed by atoms with Crippen molar-refractivity contribution in [2.45, 2.75) is 32.4 Å². The number of carbonyl (C=O) groups is 1. The van der Waals surface area contributed by atoms with E-state index in [2.05, 4.69) is 26.3 Å². The summed E-state index contributed by atoms with van der Waals surface area (Å²) in [5, 5.41) is 7.21. The maximum absolute atomic E-state index is 14.1. The Hall–Kier alpha value is -3.95. The third-order valence-corrected chi connectivity index (χ3v) is 7.68. The van der Waals surface area contributed by atoms with Crippen molar-refractivity contribution in [2.24, 2.45) is 0 Å². The van der Waals surface area contributed by atoms with Gasteiger partial charge in [-0.2, -0.15) is 0 Å². The summed E-state index contributed by atoms with van der Waals surface area (Å²) in [6.45, 7) is 4.40. The normalized spacial score (nSPS) is 16.6. The highest BCUT2D eigenvalue weighted by molar-refractivity contribution is 7.80. The Morgan fingerprint density at radius 1 is 1.15 bits per heavy atom. The fraction of sp³-hybridized carbons (Fsp3) is 0.233. The van der Waals surface area contributed by atoms with Crippen LogP contribution in [0.15, 0.2) is 72.9 Å². The largest absolute Gasteiger partial charge is 0.495 e. The van der Waals surface area contributed by atoms with Gasteiger partial charge in [0, 0.05) is 35.6 Å². The third-order valence-electron chi connectivity index (χ3n) is 7.10. The van der Waals surface area contributed by atoms with Crippen molar-refractivity contribution in [2.75, 3.05) is 19.0 Å². The second-order valence-corrected chi connectivity index (χ2v) is 10.4. The number of carbonyl (C=O) groups excluding carboxylic acids is 1. The van der Waals surface area contributed by atoms with Crippen LogP contribution in [0.25, 0.3) is 5.69 Å². The number of ether oxygens (including phenoxy) is 1. The van der Waals surface area contributed by atoms with Gasteiger partial charge in [0.15, 0.2) is 5.11 Å². The Bertz CT molecular complexity index is 1560. The number of nitrogens with zero attached hydrogens (tertiary/aromatic N) is 3. The van der Waals surface area contributed by atoms with Gasteiger partial charge in [-0.1, -0.05) is 29.8 Å². The van der Waals surface area contributed by atoms with Gasteiger partial charge in [-0.05, 0) is 80.2 Å². The third kappa shape index (κ3) is 5.39. The molecule has 3 heterocycles. The minimum Gasteiger partial charge on any atom is -0.495 e. The number of rotatable bonds is 8. The summed E-state index contributed by atoms with van der Waals surface area (Å²) < 4.78 is 21.9. The van der Waals surface area contributed by atoms with E-state index in [0.29, 0.717) is 22.4 Å². The molecule has 0 saturated carbocycles. The van der Waals surface area contributed by atoms with E-state index in [1.54, 1.807) is 31.5 Å². The first-order valence-corrected chi connectivity index (χ1v) is 13.6. The molecule has 1 fully saturated rings. The molecule has 2 N–H and O–H groups in total. The Balaban J connectivity index is 1.51. The van der Waals surface area contributed by atoms with E-state index in [0.717, 1.165) is 28.3 Å². The number of para-hydroxylation sites is 1. The SMILES string of the molecule is COc1ccc(Cl)cc1-n1c(C)cc([C@@H]2[C@H](c3ccccn3)NC(=S)N2CCC(=O)Nc2ccccc2F)c1C. The highest BCUT2D eigenvalue weighted by atomic mass is 35.5. The average Bonchev–Trinajstić information content (AvgIpc) is 3.43. The highest BCUT2D eigenvalue weighted by Crippen LogP contribution is 2.42. The lowest BCUT2D eigenvalue weighted by atomic mass is 9.96. The minimum absolute atomic E-state index is 0.114. The Labute approximate surface area is 242 Å². The number of halogens is 2. The summed E-state index contributed by atoms with van der Waals surface area (Å²) in [4.78, 5) is 19.4. The van der Waals surface area contributed by atoms with Gasteiger partial charge in [0.25, 0.3) is 0 Å². The first-order chi connectivity index (χ1) is 19.3. The molecule has 0 radical (unpaired) electrons. The van der Waals surface area contributed by atoms with E-state index in [1.807, 2.05) is 49.1 Å². The quantitative estimate of drug-likeness (QED) is 0.240. The molecule has 1 aliphatic heterocycles. The Kier molecular flexibility index (Phi) is 8.04. The van der Waals surface area contributed by atoms with Crippen molar-refractivity contribution in [3.63, 3.8) is 0 Å².